The number of hydrogen-bond acceptors (Lipinski definition) is 7. The molecule has 10 heteroatoms. The van der Waals surface area contributed by atoms with E-state index in [4.69, 9.17) is 24.9 Å². The zero-order valence-corrected chi connectivity index (χ0v) is 19.4. The SMILES string of the molecule is CCOc1ccc(-n2c(=O)n(CC)c3c(C(N)=O)nc(-c4cc(OC)ccc4OC)nc32)cc1. The quantitative estimate of drug-likeness (QED) is 0.426. The molecule has 0 spiro atoms. The summed E-state index contributed by atoms with van der Waals surface area (Å²) in [7, 11) is 3.05. The van der Waals surface area contributed by atoms with Crippen LogP contribution in [0.4, 0.5) is 0 Å². The number of aryl methyl sites for hydroxylation is 1. The van der Waals surface area contributed by atoms with Gasteiger partial charge in [-0.3, -0.25) is 9.36 Å². The fourth-order valence-corrected chi connectivity index (χ4v) is 3.82. The minimum Gasteiger partial charge on any atom is -0.497 e. The number of amides is 1. The second kappa shape index (κ2) is 9.26. The Morgan fingerprint density at radius 1 is 1.00 bits per heavy atom. The summed E-state index contributed by atoms with van der Waals surface area (Å²) >= 11 is 0. The van der Waals surface area contributed by atoms with E-state index in [9.17, 15) is 9.59 Å². The average molecular weight is 463 g/mol. The molecule has 0 aliphatic carbocycles. The highest BCUT2D eigenvalue weighted by Gasteiger charge is 2.25. The van der Waals surface area contributed by atoms with Crippen LogP contribution in [0.3, 0.4) is 0 Å². The van der Waals surface area contributed by atoms with Crippen molar-refractivity contribution >= 4 is 17.1 Å². The number of rotatable bonds is 8. The van der Waals surface area contributed by atoms with E-state index in [2.05, 4.69) is 4.98 Å². The van der Waals surface area contributed by atoms with E-state index in [1.54, 1.807) is 49.4 Å². The number of primary amides is 1. The topological polar surface area (TPSA) is 123 Å². The van der Waals surface area contributed by atoms with Crippen LogP contribution in [0.2, 0.25) is 0 Å². The molecular formula is C24H25N5O5. The van der Waals surface area contributed by atoms with E-state index in [-0.39, 0.29) is 28.4 Å². The predicted octanol–water partition coefficient (Wildman–Crippen LogP) is 2.78. The lowest BCUT2D eigenvalue weighted by molar-refractivity contribution is 0.0997. The van der Waals surface area contributed by atoms with E-state index >= 15 is 0 Å². The molecule has 10 nitrogen and oxygen atoms in total. The van der Waals surface area contributed by atoms with E-state index in [0.29, 0.717) is 41.7 Å². The maximum Gasteiger partial charge on any atom is 0.335 e. The normalized spacial score (nSPS) is 10.9. The summed E-state index contributed by atoms with van der Waals surface area (Å²) in [6.45, 7) is 4.51. The molecule has 4 aromatic rings. The Morgan fingerprint density at radius 2 is 1.71 bits per heavy atom. The molecule has 176 valence electrons. The summed E-state index contributed by atoms with van der Waals surface area (Å²) in [5.41, 5.74) is 6.83. The molecule has 2 aromatic heterocycles. The molecule has 0 bridgehead atoms. The Kier molecular flexibility index (Phi) is 6.22. The largest absolute Gasteiger partial charge is 0.497 e. The Labute approximate surface area is 195 Å². The molecule has 34 heavy (non-hydrogen) atoms. The summed E-state index contributed by atoms with van der Waals surface area (Å²) in [5, 5.41) is 0. The monoisotopic (exact) mass is 463 g/mol. The molecule has 4 rings (SSSR count). The number of ether oxygens (including phenoxy) is 3. The number of carbonyl (C=O) groups excluding carboxylic acids is 1. The van der Waals surface area contributed by atoms with Crippen molar-refractivity contribution in [2.45, 2.75) is 20.4 Å². The van der Waals surface area contributed by atoms with Gasteiger partial charge in [-0.15, -0.1) is 0 Å². The van der Waals surface area contributed by atoms with Gasteiger partial charge in [-0.25, -0.2) is 19.3 Å². The molecule has 0 saturated carbocycles. The van der Waals surface area contributed by atoms with E-state index in [0.717, 1.165) is 0 Å². The van der Waals surface area contributed by atoms with Crippen LogP contribution in [0.1, 0.15) is 24.3 Å². The van der Waals surface area contributed by atoms with Crippen LogP contribution < -0.4 is 25.6 Å². The Balaban J connectivity index is 2.07. The molecule has 0 radical (unpaired) electrons. The molecule has 2 N–H and O–H groups in total. The zero-order valence-electron chi connectivity index (χ0n) is 19.4. The number of nitrogens with zero attached hydrogens (tertiary/aromatic N) is 4. The molecule has 0 aliphatic rings. The third kappa shape index (κ3) is 3.83. The van der Waals surface area contributed by atoms with Crippen molar-refractivity contribution in [3.63, 3.8) is 0 Å². The van der Waals surface area contributed by atoms with E-state index in [1.165, 1.54) is 23.4 Å². The van der Waals surface area contributed by atoms with Crippen LogP contribution in [-0.4, -0.2) is 45.8 Å². The number of methoxy groups -OCH3 is 2. The predicted molar refractivity (Wildman–Crippen MR) is 127 cm³/mol. The first-order chi connectivity index (χ1) is 16.4. The third-order valence-corrected chi connectivity index (χ3v) is 5.37. The summed E-state index contributed by atoms with van der Waals surface area (Å²) in [6.07, 6.45) is 0. The van der Waals surface area contributed by atoms with Crippen molar-refractivity contribution in [3.05, 3.63) is 58.6 Å². The smallest absolute Gasteiger partial charge is 0.335 e. The highest BCUT2D eigenvalue weighted by molar-refractivity contribution is 6.02. The van der Waals surface area contributed by atoms with Gasteiger partial charge in [0.05, 0.1) is 32.1 Å². The van der Waals surface area contributed by atoms with Gasteiger partial charge in [0.25, 0.3) is 5.91 Å². The Morgan fingerprint density at radius 3 is 2.29 bits per heavy atom. The second-order valence-corrected chi connectivity index (χ2v) is 7.29. The number of carbonyl (C=O) groups is 1. The lowest BCUT2D eigenvalue weighted by Crippen LogP contribution is -2.23. The average Bonchev–Trinajstić information content (AvgIpc) is 3.14. The highest BCUT2D eigenvalue weighted by Crippen LogP contribution is 2.33. The number of aromatic nitrogens is 4. The number of hydrogen-bond donors (Lipinski definition) is 1. The fourth-order valence-electron chi connectivity index (χ4n) is 3.82. The first-order valence-electron chi connectivity index (χ1n) is 10.7. The van der Waals surface area contributed by atoms with Gasteiger partial charge in [-0.05, 0) is 56.3 Å². The van der Waals surface area contributed by atoms with Crippen molar-refractivity contribution in [1.29, 1.82) is 0 Å². The molecule has 0 unspecified atom stereocenters. The van der Waals surface area contributed by atoms with Crippen molar-refractivity contribution in [2.24, 2.45) is 5.73 Å². The van der Waals surface area contributed by atoms with Crippen LogP contribution in [0.25, 0.3) is 28.2 Å². The third-order valence-electron chi connectivity index (χ3n) is 5.37. The van der Waals surface area contributed by atoms with Gasteiger partial charge in [0.2, 0.25) is 0 Å². The van der Waals surface area contributed by atoms with Crippen molar-refractivity contribution in [2.75, 3.05) is 20.8 Å². The lowest BCUT2D eigenvalue weighted by atomic mass is 10.1. The minimum atomic E-state index is -0.776. The molecule has 0 fully saturated rings. The van der Waals surface area contributed by atoms with E-state index < -0.39 is 5.91 Å². The van der Waals surface area contributed by atoms with Crippen molar-refractivity contribution in [1.82, 2.24) is 19.1 Å². The van der Waals surface area contributed by atoms with Gasteiger partial charge in [0.1, 0.15) is 22.8 Å². The summed E-state index contributed by atoms with van der Waals surface area (Å²) in [5.74, 6) is 1.09. The first-order valence-corrected chi connectivity index (χ1v) is 10.7. The summed E-state index contributed by atoms with van der Waals surface area (Å²) in [4.78, 5) is 35.0. The molecule has 0 aliphatic heterocycles. The number of nitrogens with two attached hydrogens (primary N) is 1. The zero-order chi connectivity index (χ0) is 24.4. The van der Waals surface area contributed by atoms with Gasteiger partial charge in [0.15, 0.2) is 17.2 Å². The van der Waals surface area contributed by atoms with Crippen LogP contribution in [-0.2, 0) is 6.54 Å². The van der Waals surface area contributed by atoms with Crippen LogP contribution in [0, 0.1) is 0 Å². The van der Waals surface area contributed by atoms with Gasteiger partial charge >= 0.3 is 5.69 Å². The van der Waals surface area contributed by atoms with Crippen LogP contribution in [0.15, 0.2) is 47.3 Å². The minimum absolute atomic E-state index is 0.0616. The second-order valence-electron chi connectivity index (χ2n) is 7.29. The number of imidazole rings is 1. The van der Waals surface area contributed by atoms with Crippen molar-refractivity contribution in [3.8, 4) is 34.3 Å². The molecule has 0 saturated heterocycles. The summed E-state index contributed by atoms with van der Waals surface area (Å²) in [6, 6.07) is 12.2. The summed E-state index contributed by atoms with van der Waals surface area (Å²) < 4.78 is 19.2. The standard InChI is InChI=1S/C24H25N5O5/c1-5-28-20-19(21(25)30)26-22(17-13-16(32-3)11-12-18(17)33-4)27-23(20)29(24(28)31)14-7-9-15(10-8-14)34-6-2/h7-13H,5-6H2,1-4H3,(H2,25,30). The first kappa shape index (κ1) is 22.8. The van der Waals surface area contributed by atoms with Gasteiger partial charge in [-0.1, -0.05) is 0 Å². The highest BCUT2D eigenvalue weighted by atomic mass is 16.5. The molecular weight excluding hydrogens is 438 g/mol. The van der Waals surface area contributed by atoms with Crippen molar-refractivity contribution < 1.29 is 19.0 Å². The Bertz CT molecular complexity index is 1420. The maximum absolute atomic E-state index is 13.4. The number of fused-ring (bicyclic) bond motifs is 1. The maximum atomic E-state index is 13.4. The lowest BCUT2D eigenvalue weighted by Gasteiger charge is -2.11. The molecule has 0 atom stereocenters. The van der Waals surface area contributed by atoms with Crippen LogP contribution in [0.5, 0.6) is 17.2 Å². The molecule has 2 aromatic carbocycles. The molecule has 2 heterocycles. The number of benzene rings is 2. The van der Waals surface area contributed by atoms with Gasteiger partial charge in [-0.2, -0.15) is 0 Å². The van der Waals surface area contributed by atoms with E-state index in [1.807, 2.05) is 6.92 Å². The Hall–Kier alpha value is -4.34. The molecule has 1 amide bonds. The van der Waals surface area contributed by atoms with Crippen LogP contribution >= 0.6 is 0 Å². The van der Waals surface area contributed by atoms with Gasteiger partial charge < -0.3 is 19.9 Å². The van der Waals surface area contributed by atoms with Gasteiger partial charge in [0, 0.05) is 6.54 Å². The fraction of sp³-hybridized carbons (Fsp3) is 0.250.